The molecular formula is C15H23FN2O2. The molecule has 0 spiro atoms. The molecule has 0 saturated heterocycles. The molecule has 0 saturated carbocycles. The Kier molecular flexibility index (Phi) is 5.95. The number of halogens is 1. The van der Waals surface area contributed by atoms with E-state index in [1.54, 1.807) is 6.07 Å². The van der Waals surface area contributed by atoms with Gasteiger partial charge < -0.3 is 15.0 Å². The van der Waals surface area contributed by atoms with Crippen LogP contribution in [0.3, 0.4) is 0 Å². The van der Waals surface area contributed by atoms with Crippen molar-refractivity contribution in [2.24, 2.45) is 0 Å². The van der Waals surface area contributed by atoms with E-state index in [4.69, 9.17) is 4.74 Å². The molecule has 5 heteroatoms. The van der Waals surface area contributed by atoms with E-state index in [9.17, 15) is 9.18 Å². The predicted octanol–water partition coefficient (Wildman–Crippen LogP) is 2.19. The van der Waals surface area contributed by atoms with Crippen molar-refractivity contribution in [3.63, 3.8) is 0 Å². The number of ether oxygens (including phenoxy) is 1. The van der Waals surface area contributed by atoms with Crippen LogP contribution >= 0.6 is 0 Å². The average Bonchev–Trinajstić information content (AvgIpc) is 2.44. The summed E-state index contributed by atoms with van der Waals surface area (Å²) in [5.74, 6) is -0.552. The van der Waals surface area contributed by atoms with Crippen LogP contribution in [0.5, 0.6) is 0 Å². The third-order valence-corrected chi connectivity index (χ3v) is 3.40. The van der Waals surface area contributed by atoms with E-state index >= 15 is 0 Å². The molecule has 0 aliphatic heterocycles. The zero-order valence-electron chi connectivity index (χ0n) is 12.6. The molecule has 4 nitrogen and oxygen atoms in total. The molecule has 20 heavy (non-hydrogen) atoms. The van der Waals surface area contributed by atoms with Gasteiger partial charge in [-0.2, -0.15) is 0 Å². The van der Waals surface area contributed by atoms with Crippen LogP contribution in [0.15, 0.2) is 24.3 Å². The van der Waals surface area contributed by atoms with Crippen molar-refractivity contribution in [3.05, 3.63) is 30.1 Å². The lowest BCUT2D eigenvalue weighted by atomic mass is 9.97. The monoisotopic (exact) mass is 282 g/mol. The van der Waals surface area contributed by atoms with Gasteiger partial charge in [-0.15, -0.1) is 0 Å². The molecule has 0 aliphatic carbocycles. The van der Waals surface area contributed by atoms with Crippen LogP contribution in [0.25, 0.3) is 0 Å². The molecule has 0 aliphatic rings. The second-order valence-electron chi connectivity index (χ2n) is 5.01. The van der Waals surface area contributed by atoms with Gasteiger partial charge in [-0.3, -0.25) is 4.79 Å². The minimum absolute atomic E-state index is 0.267. The third kappa shape index (κ3) is 4.20. The summed E-state index contributed by atoms with van der Waals surface area (Å²) in [5.41, 5.74) is 0.0548. The lowest BCUT2D eigenvalue weighted by Gasteiger charge is -2.30. The SMILES string of the molecule is CCNC(C)(CCN(C)c1cccc(F)c1)C(=O)OC. The fourth-order valence-electron chi connectivity index (χ4n) is 2.11. The average molecular weight is 282 g/mol. The highest BCUT2D eigenvalue weighted by molar-refractivity contribution is 5.80. The summed E-state index contributed by atoms with van der Waals surface area (Å²) >= 11 is 0. The van der Waals surface area contributed by atoms with Crippen molar-refractivity contribution in [2.45, 2.75) is 25.8 Å². The van der Waals surface area contributed by atoms with Crippen molar-refractivity contribution >= 4 is 11.7 Å². The number of anilines is 1. The Morgan fingerprint density at radius 2 is 2.20 bits per heavy atom. The van der Waals surface area contributed by atoms with E-state index in [0.717, 1.165) is 5.69 Å². The molecule has 0 radical (unpaired) electrons. The number of methoxy groups -OCH3 is 1. The van der Waals surface area contributed by atoms with E-state index in [1.807, 2.05) is 31.9 Å². The minimum Gasteiger partial charge on any atom is -0.468 e. The topological polar surface area (TPSA) is 41.6 Å². The maximum absolute atomic E-state index is 13.2. The zero-order chi connectivity index (χ0) is 15.2. The Morgan fingerprint density at radius 1 is 1.50 bits per heavy atom. The van der Waals surface area contributed by atoms with Crippen molar-refractivity contribution in [3.8, 4) is 0 Å². The maximum atomic E-state index is 13.2. The quantitative estimate of drug-likeness (QED) is 0.778. The third-order valence-electron chi connectivity index (χ3n) is 3.40. The van der Waals surface area contributed by atoms with Crippen LogP contribution < -0.4 is 10.2 Å². The summed E-state index contributed by atoms with van der Waals surface area (Å²) in [6.45, 7) is 5.05. The first kappa shape index (κ1) is 16.4. The molecular weight excluding hydrogens is 259 g/mol. The molecule has 0 amide bonds. The largest absolute Gasteiger partial charge is 0.468 e. The smallest absolute Gasteiger partial charge is 0.325 e. The minimum atomic E-state index is -0.731. The molecule has 1 unspecified atom stereocenters. The van der Waals surface area contributed by atoms with Gasteiger partial charge in [-0.05, 0) is 38.1 Å². The molecule has 0 fully saturated rings. The highest BCUT2D eigenvalue weighted by Gasteiger charge is 2.33. The molecule has 0 bridgehead atoms. The normalized spacial score (nSPS) is 13.7. The van der Waals surface area contributed by atoms with Gasteiger partial charge in [0, 0.05) is 19.3 Å². The van der Waals surface area contributed by atoms with Crippen molar-refractivity contribution < 1.29 is 13.9 Å². The summed E-state index contributed by atoms with van der Waals surface area (Å²) in [4.78, 5) is 13.8. The number of benzene rings is 1. The number of esters is 1. The summed E-state index contributed by atoms with van der Waals surface area (Å²) < 4.78 is 18.0. The van der Waals surface area contributed by atoms with Gasteiger partial charge >= 0.3 is 5.97 Å². The highest BCUT2D eigenvalue weighted by Crippen LogP contribution is 2.18. The fraction of sp³-hybridized carbons (Fsp3) is 0.533. The molecule has 0 aromatic heterocycles. The number of carbonyl (C=O) groups excluding carboxylic acids is 1. The number of nitrogens with zero attached hydrogens (tertiary/aromatic N) is 1. The fourth-order valence-corrected chi connectivity index (χ4v) is 2.11. The Balaban J connectivity index is 2.70. The van der Waals surface area contributed by atoms with E-state index < -0.39 is 5.54 Å². The second-order valence-corrected chi connectivity index (χ2v) is 5.01. The maximum Gasteiger partial charge on any atom is 0.325 e. The molecule has 0 heterocycles. The predicted molar refractivity (Wildman–Crippen MR) is 78.4 cm³/mol. The molecule has 112 valence electrons. The number of likely N-dealkylation sites (N-methyl/N-ethyl adjacent to an activating group) is 1. The Labute approximate surface area is 119 Å². The number of hydrogen-bond acceptors (Lipinski definition) is 4. The van der Waals surface area contributed by atoms with E-state index in [0.29, 0.717) is 19.5 Å². The van der Waals surface area contributed by atoms with Crippen molar-refractivity contribution in [1.29, 1.82) is 0 Å². The zero-order valence-corrected chi connectivity index (χ0v) is 12.6. The molecule has 1 aromatic carbocycles. The van der Waals surface area contributed by atoms with Gasteiger partial charge in [-0.25, -0.2) is 4.39 Å². The molecule has 1 aromatic rings. The van der Waals surface area contributed by atoms with Crippen LogP contribution in [0.4, 0.5) is 10.1 Å². The number of rotatable bonds is 7. The van der Waals surface area contributed by atoms with Crippen molar-refractivity contribution in [1.82, 2.24) is 5.32 Å². The van der Waals surface area contributed by atoms with Gasteiger partial charge in [0.05, 0.1) is 7.11 Å². The van der Waals surface area contributed by atoms with Gasteiger partial charge in [0.25, 0.3) is 0 Å². The summed E-state index contributed by atoms with van der Waals surface area (Å²) in [6, 6.07) is 6.40. The first-order valence-corrected chi connectivity index (χ1v) is 6.73. The second kappa shape index (κ2) is 7.24. The van der Waals surface area contributed by atoms with Crippen LogP contribution in [0, 0.1) is 5.82 Å². The van der Waals surface area contributed by atoms with Crippen LogP contribution in [-0.4, -0.2) is 38.8 Å². The first-order chi connectivity index (χ1) is 9.42. The summed E-state index contributed by atoms with van der Waals surface area (Å²) in [5, 5.41) is 3.15. The van der Waals surface area contributed by atoms with Gasteiger partial charge in [0.1, 0.15) is 11.4 Å². The van der Waals surface area contributed by atoms with Gasteiger partial charge in [0.2, 0.25) is 0 Å². The lowest BCUT2D eigenvalue weighted by Crippen LogP contribution is -2.51. The van der Waals surface area contributed by atoms with E-state index in [1.165, 1.54) is 19.2 Å². The van der Waals surface area contributed by atoms with Gasteiger partial charge in [-0.1, -0.05) is 13.0 Å². The van der Waals surface area contributed by atoms with Gasteiger partial charge in [0.15, 0.2) is 0 Å². The van der Waals surface area contributed by atoms with Crippen LogP contribution in [0.2, 0.25) is 0 Å². The Morgan fingerprint density at radius 3 is 2.75 bits per heavy atom. The summed E-state index contributed by atoms with van der Waals surface area (Å²) in [7, 11) is 3.26. The van der Waals surface area contributed by atoms with Crippen LogP contribution in [0.1, 0.15) is 20.3 Å². The van der Waals surface area contributed by atoms with Crippen LogP contribution in [-0.2, 0) is 9.53 Å². The Bertz CT molecular complexity index is 453. The molecule has 1 atom stereocenters. The lowest BCUT2D eigenvalue weighted by molar-refractivity contribution is -0.148. The van der Waals surface area contributed by atoms with E-state index in [-0.39, 0.29) is 11.8 Å². The molecule has 1 N–H and O–H groups in total. The van der Waals surface area contributed by atoms with E-state index in [2.05, 4.69) is 5.32 Å². The molecule has 1 rings (SSSR count). The number of hydrogen-bond donors (Lipinski definition) is 1. The number of carbonyl (C=O) groups is 1. The highest BCUT2D eigenvalue weighted by atomic mass is 19.1. The summed E-state index contributed by atoms with van der Waals surface area (Å²) in [6.07, 6.45) is 0.570. The van der Waals surface area contributed by atoms with Crippen molar-refractivity contribution in [2.75, 3.05) is 32.1 Å². The standard InChI is InChI=1S/C15H23FN2O2/c1-5-17-15(2,14(19)20-4)9-10-18(3)13-8-6-7-12(16)11-13/h6-8,11,17H,5,9-10H2,1-4H3. The Hall–Kier alpha value is -1.62. The number of nitrogens with one attached hydrogen (secondary N) is 1. The first-order valence-electron chi connectivity index (χ1n) is 6.73.